The number of piperazine rings is 1. The fraction of sp³-hybridized carbons (Fsp3) is 0.238. The maximum Gasteiger partial charge on any atom is 0.434 e. The van der Waals surface area contributed by atoms with Crippen LogP contribution in [-0.4, -0.2) is 56.7 Å². The van der Waals surface area contributed by atoms with Gasteiger partial charge >= 0.3 is 6.18 Å². The van der Waals surface area contributed by atoms with E-state index in [1.54, 1.807) is 6.20 Å². The summed E-state index contributed by atoms with van der Waals surface area (Å²) in [4.78, 5) is 26.2. The van der Waals surface area contributed by atoms with Gasteiger partial charge in [0.15, 0.2) is 10.8 Å². The summed E-state index contributed by atoms with van der Waals surface area (Å²) in [7, 11) is 0. The quantitative estimate of drug-likeness (QED) is 0.421. The van der Waals surface area contributed by atoms with E-state index in [9.17, 15) is 18.0 Å². The zero-order chi connectivity index (χ0) is 23.2. The first-order chi connectivity index (χ1) is 15.8. The highest BCUT2D eigenvalue weighted by Gasteiger charge is 2.41. The zero-order valence-electron chi connectivity index (χ0n) is 17.0. The maximum atomic E-state index is 13.9. The van der Waals surface area contributed by atoms with Crippen molar-refractivity contribution < 1.29 is 18.0 Å². The van der Waals surface area contributed by atoms with E-state index in [0.717, 1.165) is 26.4 Å². The number of hydrogen-bond acceptors (Lipinski definition) is 6. The Balaban J connectivity index is 1.37. The van der Waals surface area contributed by atoms with Gasteiger partial charge in [-0.05, 0) is 36.4 Å². The molecule has 5 rings (SSSR count). The van der Waals surface area contributed by atoms with Crippen molar-refractivity contribution in [2.24, 2.45) is 0 Å². The molecule has 170 valence electrons. The fourth-order valence-corrected chi connectivity index (χ4v) is 4.81. The number of carbonyl (C=O) groups is 1. The summed E-state index contributed by atoms with van der Waals surface area (Å²) in [5.74, 6) is -0.701. The molecule has 4 heterocycles. The number of benzene rings is 1. The Labute approximate surface area is 195 Å². The molecule has 0 spiro atoms. The zero-order valence-corrected chi connectivity index (χ0v) is 18.5. The monoisotopic (exact) mass is 492 g/mol. The van der Waals surface area contributed by atoms with E-state index in [4.69, 9.17) is 11.6 Å². The highest BCUT2D eigenvalue weighted by atomic mass is 35.5. The minimum absolute atomic E-state index is 0.167. The molecule has 0 radical (unpaired) electrons. The standard InChI is InChI=1S/C21H16ClF3N6OS/c22-13-3-5-14(6-4-13)31-17(21(23,24)25)15(12-27-31)19(32)29-8-10-30(11-9-29)20-28-16-2-1-7-26-18(16)33-20/h1-7,12H,8-11H2. The Morgan fingerprint density at radius 1 is 1.06 bits per heavy atom. The molecule has 1 aromatic carbocycles. The van der Waals surface area contributed by atoms with E-state index < -0.39 is 23.3 Å². The van der Waals surface area contributed by atoms with Crippen LogP contribution in [0.15, 0.2) is 48.8 Å². The Morgan fingerprint density at radius 2 is 1.79 bits per heavy atom. The smallest absolute Gasteiger partial charge is 0.344 e. The summed E-state index contributed by atoms with van der Waals surface area (Å²) in [6.45, 7) is 1.45. The topological polar surface area (TPSA) is 67.2 Å². The summed E-state index contributed by atoms with van der Waals surface area (Å²) in [6.07, 6.45) is -2.09. The lowest BCUT2D eigenvalue weighted by Crippen LogP contribution is -2.49. The summed E-state index contributed by atoms with van der Waals surface area (Å²) >= 11 is 7.29. The minimum Gasteiger partial charge on any atom is -0.344 e. The van der Waals surface area contributed by atoms with Crippen molar-refractivity contribution >= 4 is 44.3 Å². The van der Waals surface area contributed by atoms with E-state index in [2.05, 4.69) is 15.1 Å². The second-order valence-electron chi connectivity index (χ2n) is 7.40. The maximum absolute atomic E-state index is 13.9. The van der Waals surface area contributed by atoms with Crippen molar-refractivity contribution in [1.29, 1.82) is 0 Å². The van der Waals surface area contributed by atoms with Gasteiger partial charge in [0, 0.05) is 37.4 Å². The number of hydrogen-bond donors (Lipinski definition) is 0. The van der Waals surface area contributed by atoms with E-state index in [0.29, 0.717) is 18.1 Å². The molecule has 0 saturated carbocycles. The average Bonchev–Trinajstić information content (AvgIpc) is 3.44. The molecule has 0 atom stereocenters. The van der Waals surface area contributed by atoms with Crippen molar-refractivity contribution in [3.8, 4) is 5.69 Å². The molecule has 1 fully saturated rings. The van der Waals surface area contributed by atoms with Gasteiger partial charge in [0.1, 0.15) is 10.3 Å². The normalized spacial score (nSPS) is 14.8. The lowest BCUT2D eigenvalue weighted by molar-refractivity contribution is -0.143. The van der Waals surface area contributed by atoms with Gasteiger partial charge < -0.3 is 9.80 Å². The van der Waals surface area contributed by atoms with Gasteiger partial charge in [0.05, 0.1) is 17.4 Å². The minimum atomic E-state index is -4.77. The van der Waals surface area contributed by atoms with Gasteiger partial charge in [-0.3, -0.25) is 4.79 Å². The van der Waals surface area contributed by atoms with Crippen molar-refractivity contribution in [3.05, 3.63) is 65.1 Å². The molecule has 0 unspecified atom stereocenters. The number of carbonyl (C=O) groups excluding carboxylic acids is 1. The third-order valence-electron chi connectivity index (χ3n) is 5.33. The first-order valence-electron chi connectivity index (χ1n) is 9.98. The van der Waals surface area contributed by atoms with E-state index in [-0.39, 0.29) is 18.8 Å². The lowest BCUT2D eigenvalue weighted by atomic mass is 10.2. The second kappa shape index (κ2) is 8.31. The van der Waals surface area contributed by atoms with Crippen LogP contribution in [0.3, 0.4) is 0 Å². The molecule has 0 aliphatic carbocycles. The van der Waals surface area contributed by atoms with Crippen molar-refractivity contribution in [2.45, 2.75) is 6.18 Å². The summed E-state index contributed by atoms with van der Waals surface area (Å²) in [5.41, 5.74) is -0.620. The number of pyridine rings is 1. The SMILES string of the molecule is O=C(c1cnn(-c2ccc(Cl)cc2)c1C(F)(F)F)N1CCN(c2nc3cccnc3s2)CC1. The van der Waals surface area contributed by atoms with Crippen LogP contribution in [0, 0.1) is 0 Å². The van der Waals surface area contributed by atoms with E-state index in [1.165, 1.54) is 40.5 Å². The van der Waals surface area contributed by atoms with Crippen LogP contribution in [0.4, 0.5) is 18.3 Å². The van der Waals surface area contributed by atoms with Gasteiger partial charge in [-0.1, -0.05) is 22.9 Å². The first-order valence-corrected chi connectivity index (χ1v) is 11.2. The number of halogens is 4. The van der Waals surface area contributed by atoms with E-state index >= 15 is 0 Å². The molecule has 1 saturated heterocycles. The fourth-order valence-electron chi connectivity index (χ4n) is 3.72. The summed E-state index contributed by atoms with van der Waals surface area (Å²) in [5, 5.41) is 5.03. The number of amides is 1. The number of aromatic nitrogens is 4. The molecular weight excluding hydrogens is 477 g/mol. The van der Waals surface area contributed by atoms with Crippen LogP contribution in [-0.2, 0) is 6.18 Å². The molecule has 12 heteroatoms. The second-order valence-corrected chi connectivity index (χ2v) is 8.79. The molecule has 4 aromatic rings. The van der Waals surface area contributed by atoms with Crippen LogP contribution in [0.2, 0.25) is 5.02 Å². The molecule has 33 heavy (non-hydrogen) atoms. The lowest BCUT2D eigenvalue weighted by Gasteiger charge is -2.34. The van der Waals surface area contributed by atoms with Crippen molar-refractivity contribution in [3.63, 3.8) is 0 Å². The van der Waals surface area contributed by atoms with Gasteiger partial charge in [0.25, 0.3) is 5.91 Å². The van der Waals surface area contributed by atoms with Crippen molar-refractivity contribution in [1.82, 2.24) is 24.6 Å². The van der Waals surface area contributed by atoms with Crippen molar-refractivity contribution in [2.75, 3.05) is 31.1 Å². The predicted octanol–water partition coefficient (Wildman–Crippen LogP) is 4.51. The number of alkyl halides is 3. The summed E-state index contributed by atoms with van der Waals surface area (Å²) < 4.78 is 42.6. The number of rotatable bonds is 3. The largest absolute Gasteiger partial charge is 0.434 e. The molecular formula is C21H16ClF3N6OS. The predicted molar refractivity (Wildman–Crippen MR) is 119 cm³/mol. The molecule has 1 aliphatic heterocycles. The number of thiazole rings is 1. The average molecular weight is 493 g/mol. The molecule has 7 nitrogen and oxygen atoms in total. The van der Waals surface area contributed by atoms with Crippen LogP contribution < -0.4 is 4.90 Å². The van der Waals surface area contributed by atoms with Gasteiger partial charge in [-0.15, -0.1) is 0 Å². The van der Waals surface area contributed by atoms with Crippen LogP contribution >= 0.6 is 22.9 Å². The third kappa shape index (κ3) is 4.13. The molecule has 3 aromatic heterocycles. The number of fused-ring (bicyclic) bond motifs is 1. The first kappa shape index (κ1) is 21.7. The highest BCUT2D eigenvalue weighted by molar-refractivity contribution is 7.21. The molecule has 1 aliphatic rings. The van der Waals surface area contributed by atoms with Gasteiger partial charge in [-0.2, -0.15) is 18.3 Å². The molecule has 0 N–H and O–H groups in total. The molecule has 1 amide bonds. The molecule has 0 bridgehead atoms. The summed E-state index contributed by atoms with van der Waals surface area (Å²) in [6, 6.07) is 9.47. The van der Waals surface area contributed by atoms with Crippen LogP contribution in [0.25, 0.3) is 16.0 Å². The Kier molecular flexibility index (Phi) is 5.45. The Morgan fingerprint density at radius 3 is 2.45 bits per heavy atom. The Hall–Kier alpha value is -3.18. The van der Waals surface area contributed by atoms with Crippen LogP contribution in [0.1, 0.15) is 16.1 Å². The van der Waals surface area contributed by atoms with Gasteiger partial charge in [-0.25, -0.2) is 14.6 Å². The number of anilines is 1. The number of nitrogens with zero attached hydrogens (tertiary/aromatic N) is 6. The third-order valence-corrected chi connectivity index (χ3v) is 6.62. The van der Waals surface area contributed by atoms with Gasteiger partial charge in [0.2, 0.25) is 0 Å². The Bertz CT molecular complexity index is 1280. The van der Waals surface area contributed by atoms with Crippen LogP contribution in [0.5, 0.6) is 0 Å². The van der Waals surface area contributed by atoms with E-state index in [1.807, 2.05) is 17.0 Å². The highest BCUT2D eigenvalue weighted by Crippen LogP contribution is 2.35.